The molecule has 13 heavy (non-hydrogen) atoms. The molecule has 1 rings (SSSR count). The number of carbonyl (C=O) groups is 1. The molecule has 1 heterocycles. The zero-order chi connectivity index (χ0) is 9.84. The summed E-state index contributed by atoms with van der Waals surface area (Å²) in [6, 6.07) is 0. The zero-order valence-corrected chi connectivity index (χ0v) is 8.30. The second-order valence-corrected chi connectivity index (χ2v) is 3.65. The van der Waals surface area contributed by atoms with Gasteiger partial charge in [-0.15, -0.1) is 11.3 Å². The van der Waals surface area contributed by atoms with E-state index >= 15 is 0 Å². The molecule has 0 aliphatic rings. The Labute approximate surface area is 80.2 Å². The number of hydrogen-bond acceptors (Lipinski definition) is 5. The van der Waals surface area contributed by atoms with E-state index in [1.54, 1.807) is 5.38 Å². The molecule has 1 N–H and O–H groups in total. The predicted molar refractivity (Wildman–Crippen MR) is 48.4 cm³/mol. The van der Waals surface area contributed by atoms with E-state index < -0.39 is 12.1 Å². The SMILES string of the molecule is COC(=O)C[C@@H](O)c1csc(C)n1. The number of hydrogen-bond donors (Lipinski definition) is 1. The summed E-state index contributed by atoms with van der Waals surface area (Å²) in [6.45, 7) is 1.85. The summed E-state index contributed by atoms with van der Waals surface area (Å²) in [7, 11) is 1.29. The Kier molecular flexibility index (Phi) is 3.39. The number of aliphatic hydroxyl groups excluding tert-OH is 1. The zero-order valence-electron chi connectivity index (χ0n) is 7.48. The van der Waals surface area contributed by atoms with E-state index in [9.17, 15) is 9.90 Å². The number of ether oxygens (including phenoxy) is 1. The van der Waals surface area contributed by atoms with Gasteiger partial charge in [-0.1, -0.05) is 0 Å². The average molecular weight is 201 g/mol. The van der Waals surface area contributed by atoms with Gasteiger partial charge in [-0.25, -0.2) is 4.98 Å². The van der Waals surface area contributed by atoms with Crippen LogP contribution >= 0.6 is 11.3 Å². The van der Waals surface area contributed by atoms with Crippen molar-refractivity contribution < 1.29 is 14.6 Å². The topological polar surface area (TPSA) is 59.4 Å². The summed E-state index contributed by atoms with van der Waals surface area (Å²) < 4.78 is 4.43. The van der Waals surface area contributed by atoms with E-state index in [-0.39, 0.29) is 6.42 Å². The first-order valence-electron chi connectivity index (χ1n) is 3.80. The minimum atomic E-state index is -0.850. The Morgan fingerprint density at radius 2 is 2.54 bits per heavy atom. The van der Waals surface area contributed by atoms with E-state index in [1.165, 1.54) is 18.4 Å². The Bertz CT molecular complexity index is 297. The third kappa shape index (κ3) is 2.78. The smallest absolute Gasteiger partial charge is 0.308 e. The Morgan fingerprint density at radius 1 is 1.85 bits per heavy atom. The fourth-order valence-corrected chi connectivity index (χ4v) is 1.54. The van der Waals surface area contributed by atoms with Crippen LogP contribution in [0, 0.1) is 6.92 Å². The highest BCUT2D eigenvalue weighted by Gasteiger charge is 2.15. The fraction of sp³-hybridized carbons (Fsp3) is 0.500. The predicted octanol–water partition coefficient (Wildman–Crippen LogP) is 1.05. The lowest BCUT2D eigenvalue weighted by molar-refractivity contribution is -0.142. The van der Waals surface area contributed by atoms with E-state index in [1.807, 2.05) is 6.92 Å². The van der Waals surface area contributed by atoms with Gasteiger partial charge in [0.2, 0.25) is 0 Å². The molecule has 0 aliphatic heterocycles. The van der Waals surface area contributed by atoms with Crippen LogP contribution in [0.1, 0.15) is 23.2 Å². The Balaban J connectivity index is 2.58. The molecule has 0 unspecified atom stereocenters. The molecule has 72 valence electrons. The lowest BCUT2D eigenvalue weighted by Gasteiger charge is -2.04. The molecule has 0 amide bonds. The Hall–Kier alpha value is -0.940. The number of carbonyl (C=O) groups excluding carboxylic acids is 1. The number of aromatic nitrogens is 1. The van der Waals surface area contributed by atoms with E-state index in [4.69, 9.17) is 0 Å². The van der Waals surface area contributed by atoms with E-state index in [2.05, 4.69) is 9.72 Å². The monoisotopic (exact) mass is 201 g/mol. The van der Waals surface area contributed by atoms with Crippen molar-refractivity contribution in [1.82, 2.24) is 4.98 Å². The van der Waals surface area contributed by atoms with E-state index in [0.29, 0.717) is 5.69 Å². The molecule has 0 radical (unpaired) electrons. The van der Waals surface area contributed by atoms with Crippen LogP contribution in [0.15, 0.2) is 5.38 Å². The summed E-state index contributed by atoms with van der Waals surface area (Å²) >= 11 is 1.44. The van der Waals surface area contributed by atoms with Crippen LogP contribution in [-0.2, 0) is 9.53 Å². The molecule has 4 nitrogen and oxygen atoms in total. The molecule has 0 fully saturated rings. The molecule has 0 aliphatic carbocycles. The van der Waals surface area contributed by atoms with Crippen LogP contribution in [0.3, 0.4) is 0 Å². The van der Waals surface area contributed by atoms with Crippen LogP contribution in [-0.4, -0.2) is 23.2 Å². The molecule has 1 atom stereocenters. The Morgan fingerprint density at radius 3 is 3.00 bits per heavy atom. The summed E-state index contributed by atoms with van der Waals surface area (Å²) in [6.07, 6.45) is -0.892. The maximum atomic E-state index is 10.8. The van der Waals surface area contributed by atoms with Crippen molar-refractivity contribution in [3.8, 4) is 0 Å². The first kappa shape index (κ1) is 10.1. The second kappa shape index (κ2) is 4.34. The van der Waals surface area contributed by atoms with Crippen molar-refractivity contribution in [2.75, 3.05) is 7.11 Å². The normalized spacial score (nSPS) is 12.5. The third-order valence-electron chi connectivity index (χ3n) is 1.57. The van der Waals surface area contributed by atoms with Crippen LogP contribution in [0.4, 0.5) is 0 Å². The van der Waals surface area contributed by atoms with Crippen molar-refractivity contribution in [3.05, 3.63) is 16.1 Å². The molecule has 1 aromatic heterocycles. The molecular formula is C8H11NO3S. The number of thiazole rings is 1. The van der Waals surface area contributed by atoms with Crippen molar-refractivity contribution in [2.24, 2.45) is 0 Å². The number of aryl methyl sites for hydroxylation is 1. The molecule has 1 aromatic rings. The first-order chi connectivity index (χ1) is 6.13. The molecule has 0 saturated heterocycles. The van der Waals surface area contributed by atoms with E-state index in [0.717, 1.165) is 5.01 Å². The quantitative estimate of drug-likeness (QED) is 0.742. The number of aliphatic hydroxyl groups is 1. The van der Waals surface area contributed by atoms with Gasteiger partial charge < -0.3 is 9.84 Å². The van der Waals surface area contributed by atoms with Gasteiger partial charge >= 0.3 is 5.97 Å². The van der Waals surface area contributed by atoms with Gasteiger partial charge in [0.05, 0.1) is 24.2 Å². The standard InChI is InChI=1S/C8H11NO3S/c1-5-9-6(4-13-5)7(10)3-8(11)12-2/h4,7,10H,3H2,1-2H3/t7-/m1/s1. The van der Waals surface area contributed by atoms with Gasteiger partial charge in [-0.05, 0) is 6.92 Å². The maximum Gasteiger partial charge on any atom is 0.308 e. The highest BCUT2D eigenvalue weighted by atomic mass is 32.1. The number of methoxy groups -OCH3 is 1. The first-order valence-corrected chi connectivity index (χ1v) is 4.68. The van der Waals surface area contributed by atoms with Crippen molar-refractivity contribution in [2.45, 2.75) is 19.4 Å². The lowest BCUT2D eigenvalue weighted by Crippen LogP contribution is -2.08. The summed E-state index contributed by atoms with van der Waals surface area (Å²) in [4.78, 5) is 14.9. The third-order valence-corrected chi connectivity index (χ3v) is 2.36. The minimum absolute atomic E-state index is 0.0420. The summed E-state index contributed by atoms with van der Waals surface area (Å²) in [5.74, 6) is -0.432. The number of nitrogens with zero attached hydrogens (tertiary/aromatic N) is 1. The minimum Gasteiger partial charge on any atom is -0.469 e. The molecule has 0 aromatic carbocycles. The van der Waals surface area contributed by atoms with Gasteiger partial charge in [0.15, 0.2) is 0 Å². The molecular weight excluding hydrogens is 190 g/mol. The van der Waals surface area contributed by atoms with Gasteiger partial charge in [-0.2, -0.15) is 0 Å². The fourth-order valence-electron chi connectivity index (χ4n) is 0.879. The largest absolute Gasteiger partial charge is 0.469 e. The molecule has 0 spiro atoms. The summed E-state index contributed by atoms with van der Waals surface area (Å²) in [5, 5.41) is 12.1. The molecule has 5 heteroatoms. The van der Waals surface area contributed by atoms with Crippen molar-refractivity contribution >= 4 is 17.3 Å². The van der Waals surface area contributed by atoms with Crippen LogP contribution in [0.5, 0.6) is 0 Å². The van der Waals surface area contributed by atoms with Gasteiger partial charge in [0.1, 0.15) is 6.10 Å². The molecule has 0 bridgehead atoms. The number of esters is 1. The second-order valence-electron chi connectivity index (χ2n) is 2.59. The van der Waals surface area contributed by atoms with Gasteiger partial charge in [0.25, 0.3) is 0 Å². The average Bonchev–Trinajstić information content (AvgIpc) is 2.51. The van der Waals surface area contributed by atoms with Gasteiger partial charge in [-0.3, -0.25) is 4.79 Å². The van der Waals surface area contributed by atoms with Gasteiger partial charge in [0, 0.05) is 5.38 Å². The lowest BCUT2D eigenvalue weighted by atomic mass is 10.2. The van der Waals surface area contributed by atoms with Crippen molar-refractivity contribution in [3.63, 3.8) is 0 Å². The highest BCUT2D eigenvalue weighted by molar-refractivity contribution is 7.09. The van der Waals surface area contributed by atoms with Crippen LogP contribution in [0.2, 0.25) is 0 Å². The summed E-state index contributed by atoms with van der Waals surface area (Å²) in [5.41, 5.74) is 0.535. The van der Waals surface area contributed by atoms with Crippen LogP contribution < -0.4 is 0 Å². The van der Waals surface area contributed by atoms with Crippen molar-refractivity contribution in [1.29, 1.82) is 0 Å². The van der Waals surface area contributed by atoms with Crippen LogP contribution in [0.25, 0.3) is 0 Å². The highest BCUT2D eigenvalue weighted by Crippen LogP contribution is 2.18. The molecule has 0 saturated carbocycles. The number of rotatable bonds is 3. The maximum absolute atomic E-state index is 10.8.